The third-order valence-corrected chi connectivity index (χ3v) is 2.42. The van der Waals surface area contributed by atoms with Crippen molar-refractivity contribution in [3.05, 3.63) is 76.6 Å². The molecule has 1 heteroatoms. The lowest BCUT2D eigenvalue weighted by molar-refractivity contribution is 1.46. The first-order chi connectivity index (χ1) is 8.29. The number of hydrogen-bond acceptors (Lipinski definition) is 0. The molecule has 0 saturated carbocycles. The molecule has 2 aromatic rings. The first kappa shape index (κ1) is 11.0. The monoisotopic (exact) mass is 217 g/mol. The summed E-state index contributed by atoms with van der Waals surface area (Å²) in [4.78, 5) is 3.44. The molecule has 0 unspecified atom stereocenters. The predicted octanol–water partition coefficient (Wildman–Crippen LogP) is 3.95. The zero-order chi connectivity index (χ0) is 12.1. The zero-order valence-electron chi connectivity index (χ0n) is 9.57. The fourth-order valence-corrected chi connectivity index (χ4v) is 1.45. The summed E-state index contributed by atoms with van der Waals surface area (Å²) in [5.41, 5.74) is 3.57. The Morgan fingerprint density at radius 3 is 2.35 bits per heavy atom. The highest BCUT2D eigenvalue weighted by atomic mass is 14.6. The predicted molar refractivity (Wildman–Crippen MR) is 69.9 cm³/mol. The van der Waals surface area contributed by atoms with Crippen LogP contribution in [0.25, 0.3) is 4.85 Å². The van der Waals surface area contributed by atoms with E-state index in [1.807, 2.05) is 49.4 Å². The van der Waals surface area contributed by atoms with Gasteiger partial charge in [-0.2, -0.15) is 0 Å². The SMILES string of the molecule is [C-]#[N+]c1ccccc1C#Cc1ccc(C)cc1. The number of nitrogens with zero attached hydrogens (tertiary/aromatic N) is 1. The molecule has 0 fully saturated rings. The minimum atomic E-state index is 0.604. The first-order valence-electron chi connectivity index (χ1n) is 5.35. The molecule has 0 bridgehead atoms. The molecular weight excluding hydrogens is 206 g/mol. The van der Waals surface area contributed by atoms with Gasteiger partial charge in [0.1, 0.15) is 0 Å². The molecule has 80 valence electrons. The van der Waals surface area contributed by atoms with E-state index >= 15 is 0 Å². The average molecular weight is 217 g/mol. The van der Waals surface area contributed by atoms with Gasteiger partial charge in [-0.05, 0) is 19.1 Å². The summed E-state index contributed by atoms with van der Waals surface area (Å²) in [6.45, 7) is 9.10. The van der Waals surface area contributed by atoms with Crippen LogP contribution in [-0.2, 0) is 0 Å². The smallest absolute Gasteiger partial charge is 0.202 e. The minimum absolute atomic E-state index is 0.604. The summed E-state index contributed by atoms with van der Waals surface area (Å²) in [5.74, 6) is 6.11. The van der Waals surface area contributed by atoms with E-state index in [1.165, 1.54) is 5.56 Å². The molecule has 2 rings (SSSR count). The van der Waals surface area contributed by atoms with Crippen LogP contribution < -0.4 is 0 Å². The van der Waals surface area contributed by atoms with E-state index in [0.717, 1.165) is 11.1 Å². The maximum Gasteiger partial charge on any atom is 0.202 e. The molecule has 1 nitrogen and oxygen atoms in total. The van der Waals surface area contributed by atoms with E-state index in [0.29, 0.717) is 5.69 Å². The first-order valence-corrected chi connectivity index (χ1v) is 5.35. The molecule has 0 N–H and O–H groups in total. The number of para-hydroxylation sites is 1. The van der Waals surface area contributed by atoms with Crippen molar-refractivity contribution in [2.24, 2.45) is 0 Å². The average Bonchev–Trinajstić information content (AvgIpc) is 2.38. The van der Waals surface area contributed by atoms with Crippen molar-refractivity contribution in [1.29, 1.82) is 0 Å². The Bertz CT molecular complexity index is 619. The third-order valence-electron chi connectivity index (χ3n) is 2.42. The summed E-state index contributed by atoms with van der Waals surface area (Å²) in [5, 5.41) is 0. The van der Waals surface area contributed by atoms with Gasteiger partial charge in [-0.1, -0.05) is 53.8 Å². The zero-order valence-corrected chi connectivity index (χ0v) is 9.57. The van der Waals surface area contributed by atoms with Crippen LogP contribution >= 0.6 is 0 Å². The van der Waals surface area contributed by atoms with Crippen LogP contribution in [0.2, 0.25) is 0 Å². The molecule has 0 aromatic heterocycles. The molecule has 17 heavy (non-hydrogen) atoms. The van der Waals surface area contributed by atoms with Crippen LogP contribution in [0.1, 0.15) is 16.7 Å². The van der Waals surface area contributed by atoms with E-state index in [4.69, 9.17) is 6.57 Å². The summed E-state index contributed by atoms with van der Waals surface area (Å²) >= 11 is 0. The highest BCUT2D eigenvalue weighted by Gasteiger charge is 1.95. The maximum atomic E-state index is 7.05. The summed E-state index contributed by atoms with van der Waals surface area (Å²) in [6, 6.07) is 15.4. The standard InChI is InChI=1S/C16H11N/c1-13-7-9-14(10-8-13)11-12-15-5-3-4-6-16(15)17-2/h3-10H,1H3. The summed E-state index contributed by atoms with van der Waals surface area (Å²) in [6.07, 6.45) is 0. The number of hydrogen-bond donors (Lipinski definition) is 0. The van der Waals surface area contributed by atoms with E-state index < -0.39 is 0 Å². The van der Waals surface area contributed by atoms with Gasteiger partial charge in [0, 0.05) is 11.1 Å². The van der Waals surface area contributed by atoms with Crippen LogP contribution in [0.3, 0.4) is 0 Å². The van der Waals surface area contributed by atoms with Gasteiger partial charge in [-0.15, -0.1) is 0 Å². The van der Waals surface area contributed by atoms with Crippen molar-refractivity contribution < 1.29 is 0 Å². The lowest BCUT2D eigenvalue weighted by Crippen LogP contribution is -1.77. The topological polar surface area (TPSA) is 4.36 Å². The van der Waals surface area contributed by atoms with Crippen LogP contribution in [0, 0.1) is 25.3 Å². The highest BCUT2D eigenvalue weighted by Crippen LogP contribution is 2.17. The van der Waals surface area contributed by atoms with Gasteiger partial charge >= 0.3 is 0 Å². The molecule has 2 aromatic carbocycles. The molecule has 0 aliphatic heterocycles. The molecule has 0 amide bonds. The Morgan fingerprint density at radius 1 is 0.941 bits per heavy atom. The van der Waals surface area contributed by atoms with Crippen molar-refractivity contribution in [3.8, 4) is 11.8 Å². The van der Waals surface area contributed by atoms with Crippen LogP contribution in [-0.4, -0.2) is 0 Å². The van der Waals surface area contributed by atoms with Gasteiger partial charge in [0.2, 0.25) is 5.69 Å². The van der Waals surface area contributed by atoms with Crippen molar-refractivity contribution in [2.45, 2.75) is 6.92 Å². The Kier molecular flexibility index (Phi) is 3.24. The number of benzene rings is 2. The summed E-state index contributed by atoms with van der Waals surface area (Å²) in [7, 11) is 0. The molecule has 0 radical (unpaired) electrons. The fraction of sp³-hybridized carbons (Fsp3) is 0.0625. The van der Waals surface area contributed by atoms with E-state index in [1.54, 1.807) is 6.07 Å². The van der Waals surface area contributed by atoms with Crippen LogP contribution in [0.5, 0.6) is 0 Å². The fourth-order valence-electron chi connectivity index (χ4n) is 1.45. The lowest BCUT2D eigenvalue weighted by atomic mass is 10.1. The second-order valence-electron chi connectivity index (χ2n) is 3.74. The molecule has 0 atom stereocenters. The molecule has 0 aliphatic rings. The third kappa shape index (κ3) is 2.74. The second-order valence-corrected chi connectivity index (χ2v) is 3.74. The molecular formula is C16H11N. The van der Waals surface area contributed by atoms with Gasteiger partial charge < -0.3 is 0 Å². The Labute approximate surface area is 102 Å². The van der Waals surface area contributed by atoms with E-state index in [-0.39, 0.29) is 0 Å². The van der Waals surface area contributed by atoms with Crippen molar-refractivity contribution in [1.82, 2.24) is 0 Å². The van der Waals surface area contributed by atoms with Gasteiger partial charge in [0.25, 0.3) is 0 Å². The Morgan fingerprint density at radius 2 is 1.65 bits per heavy atom. The summed E-state index contributed by atoms with van der Waals surface area (Å²) < 4.78 is 0. The van der Waals surface area contributed by atoms with Gasteiger partial charge in [-0.3, -0.25) is 0 Å². The molecule has 0 spiro atoms. The number of rotatable bonds is 0. The normalized spacial score (nSPS) is 8.94. The second kappa shape index (κ2) is 5.01. The van der Waals surface area contributed by atoms with E-state index in [2.05, 4.69) is 16.7 Å². The van der Waals surface area contributed by atoms with Gasteiger partial charge in [0.15, 0.2) is 0 Å². The Balaban J connectivity index is 2.33. The van der Waals surface area contributed by atoms with Crippen molar-refractivity contribution in [3.63, 3.8) is 0 Å². The molecule has 0 heterocycles. The van der Waals surface area contributed by atoms with Crippen LogP contribution in [0.4, 0.5) is 5.69 Å². The highest BCUT2D eigenvalue weighted by molar-refractivity contribution is 5.60. The van der Waals surface area contributed by atoms with E-state index in [9.17, 15) is 0 Å². The van der Waals surface area contributed by atoms with Gasteiger partial charge in [-0.25, -0.2) is 4.85 Å². The lowest BCUT2D eigenvalue weighted by Gasteiger charge is -1.94. The number of aryl methyl sites for hydroxylation is 1. The van der Waals surface area contributed by atoms with Crippen molar-refractivity contribution >= 4 is 5.69 Å². The van der Waals surface area contributed by atoms with Gasteiger partial charge in [0.05, 0.1) is 6.57 Å². The molecule has 0 aliphatic carbocycles. The molecule has 0 saturated heterocycles. The van der Waals surface area contributed by atoms with Crippen LogP contribution in [0.15, 0.2) is 48.5 Å². The van der Waals surface area contributed by atoms with Crippen molar-refractivity contribution in [2.75, 3.05) is 0 Å². The minimum Gasteiger partial charge on any atom is -0.237 e. The largest absolute Gasteiger partial charge is 0.237 e. The quantitative estimate of drug-likeness (QED) is 0.465. The Hall–Kier alpha value is -2.51. The maximum absolute atomic E-state index is 7.05.